The van der Waals surface area contributed by atoms with Crippen LogP contribution in [-0.2, 0) is 4.74 Å². The van der Waals surface area contributed by atoms with Crippen LogP contribution in [0, 0.1) is 0 Å². The van der Waals surface area contributed by atoms with Crippen LogP contribution < -0.4 is 0 Å². The van der Waals surface area contributed by atoms with Crippen molar-refractivity contribution in [2.75, 3.05) is 6.61 Å². The Morgan fingerprint density at radius 1 is 1.40 bits per heavy atom. The Morgan fingerprint density at radius 2 is 2.00 bits per heavy atom. The minimum atomic E-state index is -1.22. The summed E-state index contributed by atoms with van der Waals surface area (Å²) in [5.74, 6) is 0. The van der Waals surface area contributed by atoms with E-state index in [0.717, 1.165) is 0 Å². The van der Waals surface area contributed by atoms with Crippen LogP contribution >= 0.6 is 0 Å². The third-order valence-corrected chi connectivity index (χ3v) is 1.49. The van der Waals surface area contributed by atoms with Crippen molar-refractivity contribution >= 4 is 0 Å². The van der Waals surface area contributed by atoms with Gasteiger partial charge in [-0.3, -0.25) is 0 Å². The molecule has 0 aromatic rings. The fraction of sp³-hybridized carbons (Fsp3) is 1.00. The van der Waals surface area contributed by atoms with Crippen molar-refractivity contribution in [2.24, 2.45) is 0 Å². The van der Waals surface area contributed by atoms with Crippen LogP contribution in [-0.4, -0.2) is 51.6 Å². The van der Waals surface area contributed by atoms with Gasteiger partial charge in [0.1, 0.15) is 18.3 Å². The van der Waals surface area contributed by atoms with Crippen molar-refractivity contribution in [3.05, 3.63) is 0 Å². The van der Waals surface area contributed by atoms with Crippen molar-refractivity contribution in [1.82, 2.24) is 0 Å². The van der Waals surface area contributed by atoms with Gasteiger partial charge in [-0.1, -0.05) is 0 Å². The van der Waals surface area contributed by atoms with E-state index in [0.29, 0.717) is 0 Å². The Hall–Kier alpha value is -0.200. The number of aliphatic hydroxyl groups is 4. The Balaban J connectivity index is 2.32. The molecule has 1 rings (SSSR count). The van der Waals surface area contributed by atoms with Crippen molar-refractivity contribution in [1.29, 1.82) is 0 Å². The van der Waals surface area contributed by atoms with Crippen LogP contribution in [0.5, 0.6) is 0 Å². The van der Waals surface area contributed by atoms with Crippen molar-refractivity contribution in [2.45, 2.75) is 24.6 Å². The highest BCUT2D eigenvalue weighted by atomic mass is 16.7. The first kappa shape index (κ1) is 7.90. The highest BCUT2D eigenvalue weighted by Crippen LogP contribution is 2.21. The van der Waals surface area contributed by atoms with E-state index in [9.17, 15) is 0 Å². The maximum absolute atomic E-state index is 8.83. The maximum Gasteiger partial charge on any atom is 0.184 e. The fourth-order valence-electron chi connectivity index (χ4n) is 0.817. The number of rotatable bonds is 2. The largest absolute Gasteiger partial charge is 0.394 e. The fourth-order valence-corrected chi connectivity index (χ4v) is 0.817. The molecule has 0 saturated carbocycles. The lowest BCUT2D eigenvalue weighted by molar-refractivity contribution is -0.327. The van der Waals surface area contributed by atoms with Gasteiger partial charge >= 0.3 is 0 Å². The number of ether oxygens (including phenoxy) is 1. The summed E-state index contributed by atoms with van der Waals surface area (Å²) in [5.41, 5.74) is 0. The normalized spacial score (nSPS) is 42.6. The van der Waals surface area contributed by atoms with Gasteiger partial charge in [-0.25, -0.2) is 0 Å². The molecule has 0 aliphatic carbocycles. The van der Waals surface area contributed by atoms with Gasteiger partial charge in [0.05, 0.1) is 6.61 Å². The molecule has 1 saturated heterocycles. The standard InChI is InChI=1S/C5H10O5/c6-1-2(7)4-3(8)5(9)10-4/h2-9H,1H2/t2-,3-,4+,5?/m1/s1. The molecule has 0 bridgehead atoms. The molecule has 1 heterocycles. The maximum atomic E-state index is 8.83. The second-order valence-electron chi connectivity index (χ2n) is 2.23. The molecule has 4 atom stereocenters. The molecule has 1 fully saturated rings. The zero-order valence-corrected chi connectivity index (χ0v) is 5.21. The molecule has 5 nitrogen and oxygen atoms in total. The molecule has 0 spiro atoms. The summed E-state index contributed by atoms with van der Waals surface area (Å²) in [4.78, 5) is 0. The van der Waals surface area contributed by atoms with Gasteiger partial charge in [0, 0.05) is 0 Å². The van der Waals surface area contributed by atoms with E-state index in [1.165, 1.54) is 0 Å². The summed E-state index contributed by atoms with van der Waals surface area (Å²) in [6, 6.07) is 0. The zero-order valence-electron chi connectivity index (χ0n) is 5.21. The molecule has 0 aromatic heterocycles. The van der Waals surface area contributed by atoms with Crippen LogP contribution in [0.15, 0.2) is 0 Å². The second-order valence-corrected chi connectivity index (χ2v) is 2.23. The Labute approximate surface area is 57.5 Å². The molecule has 1 aliphatic heterocycles. The zero-order chi connectivity index (χ0) is 7.72. The van der Waals surface area contributed by atoms with Crippen LogP contribution in [0.2, 0.25) is 0 Å². The SMILES string of the molecule is OC[C@@H](O)[C@@H]1OC(O)[C@@H]1O. The first-order valence-corrected chi connectivity index (χ1v) is 2.97. The second kappa shape index (κ2) is 2.81. The predicted octanol–water partition coefficient (Wildman–Crippen LogP) is -2.58. The van der Waals surface area contributed by atoms with E-state index in [1.807, 2.05) is 0 Å². The van der Waals surface area contributed by atoms with Gasteiger partial charge in [0.15, 0.2) is 6.29 Å². The van der Waals surface area contributed by atoms with Crippen LogP contribution in [0.25, 0.3) is 0 Å². The van der Waals surface area contributed by atoms with Gasteiger partial charge < -0.3 is 25.2 Å². The van der Waals surface area contributed by atoms with Crippen LogP contribution in [0.3, 0.4) is 0 Å². The molecular weight excluding hydrogens is 140 g/mol. The van der Waals surface area contributed by atoms with E-state index in [-0.39, 0.29) is 0 Å². The van der Waals surface area contributed by atoms with Crippen molar-refractivity contribution in [3.8, 4) is 0 Å². The molecule has 0 radical (unpaired) electrons. The predicted molar refractivity (Wildman–Crippen MR) is 30.0 cm³/mol. The van der Waals surface area contributed by atoms with Gasteiger partial charge in [-0.05, 0) is 0 Å². The quantitative estimate of drug-likeness (QED) is 0.347. The Morgan fingerprint density at radius 3 is 2.30 bits per heavy atom. The summed E-state index contributed by atoms with van der Waals surface area (Å²) in [7, 11) is 0. The third-order valence-electron chi connectivity index (χ3n) is 1.49. The van der Waals surface area contributed by atoms with E-state index in [1.54, 1.807) is 0 Å². The van der Waals surface area contributed by atoms with E-state index < -0.39 is 31.2 Å². The van der Waals surface area contributed by atoms with Crippen LogP contribution in [0.4, 0.5) is 0 Å². The highest BCUT2D eigenvalue weighted by Gasteiger charge is 2.44. The van der Waals surface area contributed by atoms with Gasteiger partial charge in [-0.2, -0.15) is 0 Å². The van der Waals surface area contributed by atoms with Crippen molar-refractivity contribution < 1.29 is 25.2 Å². The number of hydrogen-bond donors (Lipinski definition) is 4. The summed E-state index contributed by atoms with van der Waals surface area (Å²) in [5, 5.41) is 34.6. The lowest BCUT2D eigenvalue weighted by atomic mass is 10.0. The Kier molecular flexibility index (Phi) is 2.22. The minimum Gasteiger partial charge on any atom is -0.394 e. The summed E-state index contributed by atoms with van der Waals surface area (Å²) >= 11 is 0. The van der Waals surface area contributed by atoms with Gasteiger partial charge in [-0.15, -0.1) is 0 Å². The number of aliphatic hydroxyl groups excluding tert-OH is 4. The monoisotopic (exact) mass is 150 g/mol. The van der Waals surface area contributed by atoms with E-state index in [2.05, 4.69) is 4.74 Å². The smallest absolute Gasteiger partial charge is 0.184 e. The highest BCUT2D eigenvalue weighted by molar-refractivity contribution is 4.86. The van der Waals surface area contributed by atoms with Crippen molar-refractivity contribution in [3.63, 3.8) is 0 Å². The average Bonchev–Trinajstić information content (AvgIpc) is 1.98. The summed E-state index contributed by atoms with van der Waals surface area (Å²) in [6.45, 7) is -0.478. The molecule has 10 heavy (non-hydrogen) atoms. The number of hydrogen-bond acceptors (Lipinski definition) is 5. The molecule has 5 heteroatoms. The molecular formula is C5H10O5. The topological polar surface area (TPSA) is 90.2 Å². The third kappa shape index (κ3) is 1.14. The molecule has 0 amide bonds. The minimum absolute atomic E-state index is 0.478. The molecule has 1 aliphatic rings. The molecule has 4 N–H and O–H groups in total. The molecule has 0 aromatic carbocycles. The lowest BCUT2D eigenvalue weighted by Gasteiger charge is -2.39. The summed E-state index contributed by atoms with van der Waals surface area (Å²) in [6.07, 6.45) is -4.26. The van der Waals surface area contributed by atoms with Crippen LogP contribution in [0.1, 0.15) is 0 Å². The Bertz CT molecular complexity index is 113. The lowest BCUT2D eigenvalue weighted by Crippen LogP contribution is -2.59. The average molecular weight is 150 g/mol. The van der Waals surface area contributed by atoms with E-state index >= 15 is 0 Å². The molecule has 1 unspecified atom stereocenters. The van der Waals surface area contributed by atoms with Gasteiger partial charge in [0.2, 0.25) is 0 Å². The first-order valence-electron chi connectivity index (χ1n) is 2.97. The van der Waals surface area contributed by atoms with E-state index in [4.69, 9.17) is 20.4 Å². The summed E-state index contributed by atoms with van der Waals surface area (Å²) < 4.78 is 4.50. The first-order chi connectivity index (χ1) is 4.66. The van der Waals surface area contributed by atoms with Gasteiger partial charge in [0.25, 0.3) is 0 Å². The molecule has 60 valence electrons.